The third-order valence-corrected chi connectivity index (χ3v) is 3.20. The van der Waals surface area contributed by atoms with Crippen LogP contribution in [-0.2, 0) is 0 Å². The Morgan fingerprint density at radius 1 is 1.50 bits per heavy atom. The van der Waals surface area contributed by atoms with Gasteiger partial charge in [0.2, 0.25) is 0 Å². The molecule has 14 heavy (non-hydrogen) atoms. The van der Waals surface area contributed by atoms with Crippen molar-refractivity contribution in [3.63, 3.8) is 0 Å². The first kappa shape index (κ1) is 11.5. The maximum Gasteiger partial charge on any atom is 0.0402 e. The third-order valence-electron chi connectivity index (χ3n) is 2.95. The Labute approximate surface area is 91.3 Å². The van der Waals surface area contributed by atoms with Crippen LogP contribution in [0.3, 0.4) is 0 Å². The van der Waals surface area contributed by atoms with Crippen LogP contribution in [0.4, 0.5) is 0 Å². The van der Waals surface area contributed by atoms with Gasteiger partial charge in [0, 0.05) is 5.03 Å². The molecule has 1 aliphatic carbocycles. The molecular weight excluding hydrogens is 194 g/mol. The Morgan fingerprint density at radius 3 is 2.64 bits per heavy atom. The monoisotopic (exact) mass is 211 g/mol. The van der Waals surface area contributed by atoms with Crippen LogP contribution in [0.5, 0.6) is 0 Å². The second-order valence-corrected chi connectivity index (χ2v) is 4.39. The molecule has 0 saturated heterocycles. The van der Waals surface area contributed by atoms with Gasteiger partial charge in [0.25, 0.3) is 0 Å². The van der Waals surface area contributed by atoms with Crippen LogP contribution in [0.25, 0.3) is 0 Å². The molecule has 0 unspecified atom stereocenters. The van der Waals surface area contributed by atoms with Crippen LogP contribution < -0.4 is 5.73 Å². The molecule has 0 atom stereocenters. The van der Waals surface area contributed by atoms with E-state index in [1.54, 1.807) is 12.2 Å². The Bertz CT molecular complexity index is 244. The summed E-state index contributed by atoms with van der Waals surface area (Å²) in [5.41, 5.74) is 6.12. The summed E-state index contributed by atoms with van der Waals surface area (Å²) >= 11 is 5.89. The molecule has 0 aliphatic heterocycles. The van der Waals surface area contributed by atoms with E-state index in [9.17, 15) is 0 Å². The molecule has 0 aromatic heterocycles. The van der Waals surface area contributed by atoms with Crippen LogP contribution >= 0.6 is 11.6 Å². The fourth-order valence-electron chi connectivity index (χ4n) is 1.76. The number of rotatable bonds is 5. The van der Waals surface area contributed by atoms with E-state index in [4.69, 9.17) is 17.3 Å². The van der Waals surface area contributed by atoms with E-state index in [1.807, 2.05) is 6.08 Å². The summed E-state index contributed by atoms with van der Waals surface area (Å²) in [5.74, 6) is 0. The highest BCUT2D eigenvalue weighted by Gasteiger charge is 2.33. The normalized spacial score (nSPS) is 20.9. The summed E-state index contributed by atoms with van der Waals surface area (Å²) in [5, 5.41) is 0.728. The minimum absolute atomic E-state index is 0.377. The van der Waals surface area contributed by atoms with Crippen molar-refractivity contribution in [2.45, 2.75) is 25.7 Å². The van der Waals surface area contributed by atoms with Gasteiger partial charge in [0.15, 0.2) is 0 Å². The first-order valence-electron chi connectivity index (χ1n) is 5.07. The predicted molar refractivity (Wildman–Crippen MR) is 63.2 cm³/mol. The van der Waals surface area contributed by atoms with Crippen molar-refractivity contribution in [1.29, 1.82) is 0 Å². The van der Waals surface area contributed by atoms with Crippen molar-refractivity contribution >= 4 is 11.6 Å². The molecule has 0 bridgehead atoms. The van der Waals surface area contributed by atoms with E-state index in [-0.39, 0.29) is 0 Å². The summed E-state index contributed by atoms with van der Waals surface area (Å²) < 4.78 is 0. The van der Waals surface area contributed by atoms with Crippen molar-refractivity contribution in [3.8, 4) is 0 Å². The lowest BCUT2D eigenvalue weighted by Gasteiger charge is -2.40. The molecule has 1 fully saturated rings. The van der Waals surface area contributed by atoms with Crippen LogP contribution in [0.15, 0.2) is 35.9 Å². The zero-order valence-electron chi connectivity index (χ0n) is 8.51. The van der Waals surface area contributed by atoms with E-state index in [0.29, 0.717) is 5.41 Å². The van der Waals surface area contributed by atoms with E-state index >= 15 is 0 Å². The molecule has 0 heterocycles. The molecular formula is C12H18ClN. The van der Waals surface area contributed by atoms with Gasteiger partial charge in [-0.05, 0) is 43.4 Å². The van der Waals surface area contributed by atoms with Gasteiger partial charge in [-0.1, -0.05) is 36.8 Å². The van der Waals surface area contributed by atoms with E-state index in [0.717, 1.165) is 18.0 Å². The highest BCUT2D eigenvalue weighted by Crippen LogP contribution is 2.43. The molecule has 1 saturated carbocycles. The second-order valence-electron chi connectivity index (χ2n) is 3.95. The number of halogens is 1. The lowest BCUT2D eigenvalue weighted by molar-refractivity contribution is 0.149. The lowest BCUT2D eigenvalue weighted by Crippen LogP contribution is -2.36. The van der Waals surface area contributed by atoms with Crippen LogP contribution in [0.2, 0.25) is 0 Å². The fraction of sp³-hybridized carbons (Fsp3) is 0.500. The summed E-state index contributed by atoms with van der Waals surface area (Å²) in [6, 6.07) is 0. The standard InChI is InChI=1S/C12H18ClN/c1-2-5-11(13)6-3-7-12(10-14)8-4-9-12/h2-3,5-6H,1,4,7-10,14H2/b6-3-,11-5+. The zero-order chi connectivity index (χ0) is 10.4. The first-order chi connectivity index (χ1) is 6.72. The first-order valence-corrected chi connectivity index (χ1v) is 5.45. The van der Waals surface area contributed by atoms with Gasteiger partial charge in [-0.25, -0.2) is 0 Å². The van der Waals surface area contributed by atoms with E-state index in [2.05, 4.69) is 12.7 Å². The average molecular weight is 212 g/mol. The molecule has 1 nitrogen and oxygen atoms in total. The fourth-order valence-corrected chi connectivity index (χ4v) is 1.94. The van der Waals surface area contributed by atoms with Gasteiger partial charge in [-0.15, -0.1) is 0 Å². The van der Waals surface area contributed by atoms with Crippen molar-refractivity contribution in [3.05, 3.63) is 35.9 Å². The van der Waals surface area contributed by atoms with Crippen molar-refractivity contribution < 1.29 is 0 Å². The van der Waals surface area contributed by atoms with Crippen molar-refractivity contribution in [1.82, 2.24) is 0 Å². The summed E-state index contributed by atoms with van der Waals surface area (Å²) in [6.45, 7) is 4.38. The third kappa shape index (κ3) is 3.00. The SMILES string of the molecule is C=C/C=C(Cl)\C=C/CC1(CN)CCC1. The summed E-state index contributed by atoms with van der Waals surface area (Å²) in [7, 11) is 0. The molecule has 0 spiro atoms. The Balaban J connectivity index is 2.38. The van der Waals surface area contributed by atoms with Gasteiger partial charge < -0.3 is 5.73 Å². The summed E-state index contributed by atoms with van der Waals surface area (Å²) in [6.07, 6.45) is 12.4. The van der Waals surface area contributed by atoms with Crippen LogP contribution in [0, 0.1) is 5.41 Å². The molecule has 0 aromatic rings. The molecule has 1 aliphatic rings. The number of hydrogen-bond acceptors (Lipinski definition) is 1. The highest BCUT2D eigenvalue weighted by atomic mass is 35.5. The molecule has 0 amide bonds. The largest absolute Gasteiger partial charge is 0.330 e. The second kappa shape index (κ2) is 5.38. The smallest absolute Gasteiger partial charge is 0.0402 e. The Kier molecular flexibility index (Phi) is 4.43. The lowest BCUT2D eigenvalue weighted by atomic mass is 9.67. The Hall–Kier alpha value is -0.530. The van der Waals surface area contributed by atoms with Crippen molar-refractivity contribution in [2.24, 2.45) is 11.1 Å². The van der Waals surface area contributed by atoms with Gasteiger partial charge in [-0.3, -0.25) is 0 Å². The van der Waals surface area contributed by atoms with Crippen molar-refractivity contribution in [2.75, 3.05) is 6.54 Å². The molecule has 0 aromatic carbocycles. The minimum atomic E-state index is 0.377. The quantitative estimate of drug-likeness (QED) is 0.694. The van der Waals surface area contributed by atoms with Crippen LogP contribution in [0.1, 0.15) is 25.7 Å². The number of hydrogen-bond donors (Lipinski definition) is 1. The Morgan fingerprint density at radius 2 is 2.21 bits per heavy atom. The van der Waals surface area contributed by atoms with Gasteiger partial charge in [0.1, 0.15) is 0 Å². The van der Waals surface area contributed by atoms with E-state index in [1.165, 1.54) is 19.3 Å². The van der Waals surface area contributed by atoms with Crippen LogP contribution in [-0.4, -0.2) is 6.54 Å². The van der Waals surface area contributed by atoms with Gasteiger partial charge in [0.05, 0.1) is 0 Å². The number of allylic oxidation sites excluding steroid dienone is 5. The molecule has 2 N–H and O–H groups in total. The maximum absolute atomic E-state index is 5.89. The van der Waals surface area contributed by atoms with E-state index < -0.39 is 0 Å². The highest BCUT2D eigenvalue weighted by molar-refractivity contribution is 6.31. The van der Waals surface area contributed by atoms with Gasteiger partial charge in [-0.2, -0.15) is 0 Å². The molecule has 0 radical (unpaired) electrons. The zero-order valence-corrected chi connectivity index (χ0v) is 9.26. The predicted octanol–water partition coefficient (Wildman–Crippen LogP) is 3.37. The van der Waals surface area contributed by atoms with Gasteiger partial charge >= 0.3 is 0 Å². The summed E-state index contributed by atoms with van der Waals surface area (Å²) in [4.78, 5) is 0. The molecule has 1 rings (SSSR count). The minimum Gasteiger partial charge on any atom is -0.330 e. The topological polar surface area (TPSA) is 26.0 Å². The number of nitrogens with two attached hydrogens (primary N) is 1. The molecule has 2 heteroatoms. The maximum atomic E-state index is 5.89. The molecule has 78 valence electrons. The average Bonchev–Trinajstić information content (AvgIpc) is 2.10.